The van der Waals surface area contributed by atoms with Gasteiger partial charge in [0.1, 0.15) is 0 Å². The molecule has 0 spiro atoms. The minimum atomic E-state index is -0.216. The van der Waals surface area contributed by atoms with E-state index in [1.165, 1.54) is 11.8 Å². The standard InChI is InChI=1S/C17H18N6O2S/c1-9-2-3-11-12(6-9)21-17(20-11)26-8-14(24)23-5-4-10-13(7-23)19-16(18)22-15(10)25/h2-3,6H,4-5,7-8H2,1H3,(H,20,21)(H3,18,19,22,25). The van der Waals surface area contributed by atoms with Crippen LogP contribution in [0.1, 0.15) is 16.8 Å². The minimum absolute atomic E-state index is 0.0158. The van der Waals surface area contributed by atoms with E-state index in [0.717, 1.165) is 21.8 Å². The van der Waals surface area contributed by atoms with E-state index in [-0.39, 0.29) is 23.2 Å². The summed E-state index contributed by atoms with van der Waals surface area (Å²) in [6.07, 6.45) is 0.484. The molecule has 0 unspecified atom stereocenters. The van der Waals surface area contributed by atoms with Crippen molar-refractivity contribution in [3.05, 3.63) is 45.4 Å². The third-order valence-electron chi connectivity index (χ3n) is 4.39. The van der Waals surface area contributed by atoms with Gasteiger partial charge in [-0.3, -0.25) is 14.6 Å². The molecule has 4 N–H and O–H groups in total. The number of nitrogen functional groups attached to an aromatic ring is 1. The maximum atomic E-state index is 12.5. The maximum absolute atomic E-state index is 12.5. The number of amides is 1. The fraction of sp³-hybridized carbons (Fsp3) is 0.294. The topological polar surface area (TPSA) is 121 Å². The second-order valence-corrected chi connectivity index (χ2v) is 7.26. The monoisotopic (exact) mass is 370 g/mol. The summed E-state index contributed by atoms with van der Waals surface area (Å²) in [5.41, 5.74) is 9.58. The number of hydrogen-bond acceptors (Lipinski definition) is 6. The summed E-state index contributed by atoms with van der Waals surface area (Å²) in [5, 5.41) is 0.718. The summed E-state index contributed by atoms with van der Waals surface area (Å²) >= 11 is 1.37. The van der Waals surface area contributed by atoms with Crippen LogP contribution in [0.4, 0.5) is 5.95 Å². The molecule has 0 aliphatic carbocycles. The van der Waals surface area contributed by atoms with E-state index in [9.17, 15) is 9.59 Å². The Bertz CT molecular complexity index is 1060. The number of anilines is 1. The Morgan fingerprint density at radius 2 is 2.19 bits per heavy atom. The van der Waals surface area contributed by atoms with Crippen molar-refractivity contribution in [3.63, 3.8) is 0 Å². The highest BCUT2D eigenvalue weighted by Crippen LogP contribution is 2.22. The quantitative estimate of drug-likeness (QED) is 0.596. The molecule has 9 heteroatoms. The molecule has 1 aliphatic rings. The zero-order valence-corrected chi connectivity index (χ0v) is 15.0. The Morgan fingerprint density at radius 1 is 1.35 bits per heavy atom. The lowest BCUT2D eigenvalue weighted by atomic mass is 10.1. The van der Waals surface area contributed by atoms with E-state index in [1.807, 2.05) is 25.1 Å². The van der Waals surface area contributed by atoms with Gasteiger partial charge in [-0.05, 0) is 31.0 Å². The first-order valence-corrected chi connectivity index (χ1v) is 9.22. The lowest BCUT2D eigenvalue weighted by molar-refractivity contribution is -0.129. The van der Waals surface area contributed by atoms with Gasteiger partial charge in [0.25, 0.3) is 5.56 Å². The minimum Gasteiger partial charge on any atom is -0.369 e. The molecule has 26 heavy (non-hydrogen) atoms. The van der Waals surface area contributed by atoms with E-state index in [2.05, 4.69) is 19.9 Å². The number of aromatic amines is 2. The first-order valence-electron chi connectivity index (χ1n) is 8.24. The molecule has 4 rings (SSSR count). The highest BCUT2D eigenvalue weighted by Gasteiger charge is 2.24. The van der Waals surface area contributed by atoms with Crippen LogP contribution in [0.3, 0.4) is 0 Å². The van der Waals surface area contributed by atoms with Crippen molar-refractivity contribution in [2.45, 2.75) is 25.0 Å². The third-order valence-corrected chi connectivity index (χ3v) is 5.25. The number of aryl methyl sites for hydroxylation is 1. The number of nitrogens with zero attached hydrogens (tertiary/aromatic N) is 3. The molecular weight excluding hydrogens is 352 g/mol. The predicted octanol–water partition coefficient (Wildman–Crippen LogP) is 1.21. The molecule has 0 radical (unpaired) electrons. The number of imidazole rings is 1. The van der Waals surface area contributed by atoms with Gasteiger partial charge in [-0.2, -0.15) is 0 Å². The molecule has 3 heterocycles. The Kier molecular flexibility index (Phi) is 4.15. The van der Waals surface area contributed by atoms with Crippen molar-refractivity contribution in [2.24, 2.45) is 0 Å². The summed E-state index contributed by atoms with van der Waals surface area (Å²) in [6, 6.07) is 6.00. The molecule has 8 nitrogen and oxygen atoms in total. The number of fused-ring (bicyclic) bond motifs is 2. The van der Waals surface area contributed by atoms with Gasteiger partial charge in [-0.1, -0.05) is 17.8 Å². The second-order valence-electron chi connectivity index (χ2n) is 6.29. The third kappa shape index (κ3) is 3.17. The fourth-order valence-electron chi connectivity index (χ4n) is 3.06. The molecule has 0 saturated carbocycles. The van der Waals surface area contributed by atoms with Gasteiger partial charge in [0.2, 0.25) is 11.9 Å². The average molecular weight is 370 g/mol. The fourth-order valence-corrected chi connectivity index (χ4v) is 3.85. The maximum Gasteiger partial charge on any atom is 0.255 e. The van der Waals surface area contributed by atoms with Gasteiger partial charge in [-0.25, -0.2) is 9.97 Å². The molecule has 0 atom stereocenters. The Morgan fingerprint density at radius 3 is 3.04 bits per heavy atom. The number of rotatable bonds is 3. The van der Waals surface area contributed by atoms with Crippen LogP contribution in [-0.2, 0) is 17.8 Å². The number of hydrogen-bond donors (Lipinski definition) is 3. The van der Waals surface area contributed by atoms with Crippen LogP contribution in [0.5, 0.6) is 0 Å². The molecule has 3 aromatic rings. The first-order chi connectivity index (χ1) is 12.5. The van der Waals surface area contributed by atoms with Crippen LogP contribution < -0.4 is 11.3 Å². The van der Waals surface area contributed by atoms with Crippen molar-refractivity contribution in [1.82, 2.24) is 24.8 Å². The van der Waals surface area contributed by atoms with Crippen molar-refractivity contribution in [1.29, 1.82) is 0 Å². The van der Waals surface area contributed by atoms with Crippen LogP contribution in [0.15, 0.2) is 28.2 Å². The van der Waals surface area contributed by atoms with Gasteiger partial charge in [0.15, 0.2) is 5.16 Å². The van der Waals surface area contributed by atoms with E-state index in [4.69, 9.17) is 5.73 Å². The SMILES string of the molecule is Cc1ccc2nc(SCC(=O)N3CCc4c(nc(N)[nH]c4=O)C3)[nH]c2c1. The summed E-state index contributed by atoms with van der Waals surface area (Å²) < 4.78 is 0. The van der Waals surface area contributed by atoms with Crippen LogP contribution in [0, 0.1) is 6.92 Å². The molecule has 1 aromatic carbocycles. The largest absolute Gasteiger partial charge is 0.369 e. The molecule has 0 bridgehead atoms. The molecular formula is C17H18N6O2S. The van der Waals surface area contributed by atoms with Crippen LogP contribution in [0.2, 0.25) is 0 Å². The van der Waals surface area contributed by atoms with Crippen molar-refractivity contribution in [2.75, 3.05) is 18.0 Å². The molecule has 2 aromatic heterocycles. The van der Waals surface area contributed by atoms with Crippen molar-refractivity contribution >= 4 is 34.7 Å². The van der Waals surface area contributed by atoms with E-state index in [0.29, 0.717) is 30.8 Å². The molecule has 1 aliphatic heterocycles. The normalized spacial score (nSPS) is 13.8. The summed E-state index contributed by atoms with van der Waals surface area (Å²) in [5.74, 6) is 0.334. The van der Waals surface area contributed by atoms with Gasteiger partial charge in [0, 0.05) is 12.1 Å². The summed E-state index contributed by atoms with van der Waals surface area (Å²) in [4.78, 5) is 40.5. The zero-order valence-electron chi connectivity index (χ0n) is 14.2. The Labute approximate surface area is 153 Å². The molecule has 134 valence electrons. The predicted molar refractivity (Wildman–Crippen MR) is 99.9 cm³/mol. The number of carbonyl (C=O) groups is 1. The first kappa shape index (κ1) is 16.6. The number of H-pyrrole nitrogens is 2. The highest BCUT2D eigenvalue weighted by atomic mass is 32.2. The summed E-state index contributed by atoms with van der Waals surface area (Å²) in [7, 11) is 0. The number of carbonyl (C=O) groups excluding carboxylic acids is 1. The van der Waals surface area contributed by atoms with Crippen LogP contribution in [-0.4, -0.2) is 43.0 Å². The lowest BCUT2D eigenvalue weighted by Crippen LogP contribution is -2.40. The molecule has 0 fully saturated rings. The van der Waals surface area contributed by atoms with Gasteiger partial charge in [0.05, 0.1) is 29.0 Å². The van der Waals surface area contributed by atoms with E-state index in [1.54, 1.807) is 4.90 Å². The Hall–Kier alpha value is -2.81. The zero-order chi connectivity index (χ0) is 18.3. The molecule has 1 amide bonds. The van der Waals surface area contributed by atoms with E-state index >= 15 is 0 Å². The van der Waals surface area contributed by atoms with Gasteiger partial charge < -0.3 is 15.6 Å². The van der Waals surface area contributed by atoms with E-state index < -0.39 is 0 Å². The lowest BCUT2D eigenvalue weighted by Gasteiger charge is -2.27. The number of thioether (sulfide) groups is 1. The molecule has 0 saturated heterocycles. The van der Waals surface area contributed by atoms with Crippen LogP contribution in [0.25, 0.3) is 11.0 Å². The summed E-state index contributed by atoms with van der Waals surface area (Å²) in [6.45, 7) is 2.83. The highest BCUT2D eigenvalue weighted by molar-refractivity contribution is 7.99. The average Bonchev–Trinajstić information content (AvgIpc) is 3.01. The number of benzene rings is 1. The number of aromatic nitrogens is 4. The van der Waals surface area contributed by atoms with Gasteiger partial charge in [-0.15, -0.1) is 0 Å². The van der Waals surface area contributed by atoms with Crippen molar-refractivity contribution < 1.29 is 4.79 Å². The van der Waals surface area contributed by atoms with Crippen molar-refractivity contribution in [3.8, 4) is 0 Å². The number of nitrogens with one attached hydrogen (secondary N) is 2. The number of nitrogens with two attached hydrogens (primary N) is 1. The second kappa shape index (κ2) is 6.49. The Balaban J connectivity index is 1.44. The van der Waals surface area contributed by atoms with Gasteiger partial charge >= 0.3 is 0 Å². The van der Waals surface area contributed by atoms with Crippen LogP contribution >= 0.6 is 11.8 Å². The smallest absolute Gasteiger partial charge is 0.255 e.